The Hall–Kier alpha value is -2.47. The predicted molar refractivity (Wildman–Crippen MR) is 112 cm³/mol. The number of carbonyl (C=O) groups excluding carboxylic acids is 2. The Morgan fingerprint density at radius 3 is 2.57 bits per heavy atom. The van der Waals surface area contributed by atoms with E-state index in [9.17, 15) is 9.59 Å². The number of carbonyl (C=O) groups is 2. The van der Waals surface area contributed by atoms with Gasteiger partial charge < -0.3 is 4.42 Å². The highest BCUT2D eigenvalue weighted by Crippen LogP contribution is 2.36. The lowest BCUT2D eigenvalue weighted by Gasteiger charge is -2.11. The molecular formula is C21H13Cl2NO3S. The summed E-state index contributed by atoms with van der Waals surface area (Å²) in [6.45, 7) is 0.240. The van der Waals surface area contributed by atoms with Crippen molar-refractivity contribution in [2.45, 2.75) is 6.54 Å². The van der Waals surface area contributed by atoms with E-state index >= 15 is 0 Å². The molecule has 0 atom stereocenters. The van der Waals surface area contributed by atoms with Gasteiger partial charge in [0.2, 0.25) is 0 Å². The van der Waals surface area contributed by atoms with Gasteiger partial charge in [0.25, 0.3) is 11.1 Å². The normalized spacial score (nSPS) is 15.6. The van der Waals surface area contributed by atoms with Gasteiger partial charge in [0, 0.05) is 16.7 Å². The van der Waals surface area contributed by atoms with Crippen LogP contribution in [0.25, 0.3) is 17.4 Å². The molecule has 1 aromatic heterocycles. The Kier molecular flexibility index (Phi) is 5.31. The second-order valence-corrected chi connectivity index (χ2v) is 7.92. The van der Waals surface area contributed by atoms with Crippen molar-refractivity contribution < 1.29 is 14.0 Å². The largest absolute Gasteiger partial charge is 0.457 e. The highest BCUT2D eigenvalue weighted by Gasteiger charge is 2.35. The minimum atomic E-state index is -0.336. The van der Waals surface area contributed by atoms with Crippen LogP contribution in [0, 0.1) is 0 Å². The average Bonchev–Trinajstić information content (AvgIpc) is 3.25. The van der Waals surface area contributed by atoms with E-state index in [0.717, 1.165) is 17.3 Å². The molecule has 4 nitrogen and oxygen atoms in total. The lowest BCUT2D eigenvalue weighted by Crippen LogP contribution is -2.27. The summed E-state index contributed by atoms with van der Waals surface area (Å²) in [6.07, 6.45) is 1.57. The lowest BCUT2D eigenvalue weighted by molar-refractivity contribution is -0.123. The molecule has 140 valence electrons. The van der Waals surface area contributed by atoms with Gasteiger partial charge in [0.05, 0.1) is 16.5 Å². The van der Waals surface area contributed by atoms with Gasteiger partial charge in [-0.1, -0.05) is 53.5 Å². The summed E-state index contributed by atoms with van der Waals surface area (Å²) in [7, 11) is 0. The van der Waals surface area contributed by atoms with Crippen LogP contribution >= 0.6 is 35.0 Å². The first-order valence-electron chi connectivity index (χ1n) is 8.36. The maximum atomic E-state index is 12.6. The highest BCUT2D eigenvalue weighted by molar-refractivity contribution is 8.18. The molecule has 1 aliphatic rings. The van der Waals surface area contributed by atoms with E-state index < -0.39 is 0 Å². The van der Waals surface area contributed by atoms with Gasteiger partial charge in [-0.15, -0.1) is 0 Å². The first-order chi connectivity index (χ1) is 13.5. The molecule has 0 N–H and O–H groups in total. The molecule has 1 aliphatic heterocycles. The summed E-state index contributed by atoms with van der Waals surface area (Å²) in [5, 5.41) is 0.748. The van der Waals surface area contributed by atoms with Crippen molar-refractivity contribution >= 4 is 52.2 Å². The van der Waals surface area contributed by atoms with Crippen molar-refractivity contribution in [3.63, 3.8) is 0 Å². The Labute approximate surface area is 175 Å². The zero-order valence-electron chi connectivity index (χ0n) is 14.4. The Morgan fingerprint density at radius 1 is 1.00 bits per heavy atom. The predicted octanol–water partition coefficient (Wildman–Crippen LogP) is 6.49. The SMILES string of the molecule is O=C1S/C(=C\c2ccc(-c3cc(Cl)ccc3Cl)o2)C(=O)N1Cc1ccccc1. The van der Waals surface area contributed by atoms with Crippen molar-refractivity contribution in [3.8, 4) is 11.3 Å². The molecular weight excluding hydrogens is 417 g/mol. The van der Waals surface area contributed by atoms with Gasteiger partial charge in [-0.25, -0.2) is 0 Å². The van der Waals surface area contributed by atoms with E-state index in [2.05, 4.69) is 0 Å². The van der Waals surface area contributed by atoms with Crippen LogP contribution in [-0.4, -0.2) is 16.0 Å². The number of hydrogen-bond acceptors (Lipinski definition) is 4. The van der Waals surface area contributed by atoms with E-state index in [1.807, 2.05) is 30.3 Å². The molecule has 3 aromatic rings. The number of thioether (sulfide) groups is 1. The third kappa shape index (κ3) is 3.87. The Morgan fingerprint density at radius 2 is 1.79 bits per heavy atom. The third-order valence-corrected chi connectivity index (χ3v) is 5.62. The van der Waals surface area contributed by atoms with Crippen LogP contribution < -0.4 is 0 Å². The summed E-state index contributed by atoms with van der Waals surface area (Å²) in [4.78, 5) is 26.4. The quantitative estimate of drug-likeness (QED) is 0.444. The lowest BCUT2D eigenvalue weighted by atomic mass is 10.2. The molecule has 2 heterocycles. The van der Waals surface area contributed by atoms with Crippen LogP contribution in [-0.2, 0) is 11.3 Å². The maximum Gasteiger partial charge on any atom is 0.293 e. The van der Waals surface area contributed by atoms with Crippen molar-refractivity contribution in [2.75, 3.05) is 0 Å². The van der Waals surface area contributed by atoms with E-state index in [-0.39, 0.29) is 17.7 Å². The smallest absolute Gasteiger partial charge is 0.293 e. The highest BCUT2D eigenvalue weighted by atomic mass is 35.5. The van der Waals surface area contributed by atoms with Crippen molar-refractivity contribution in [2.24, 2.45) is 0 Å². The summed E-state index contributed by atoms with van der Waals surface area (Å²) in [6, 6.07) is 17.9. The van der Waals surface area contributed by atoms with Crippen LogP contribution in [0.4, 0.5) is 4.79 Å². The Bertz CT molecular complexity index is 1090. The first kappa shape index (κ1) is 18.9. The molecule has 0 radical (unpaired) electrons. The number of furan rings is 1. The second-order valence-electron chi connectivity index (χ2n) is 6.08. The number of imide groups is 1. The molecule has 0 saturated carbocycles. The van der Waals surface area contributed by atoms with E-state index in [1.165, 1.54) is 4.90 Å². The van der Waals surface area contributed by atoms with Gasteiger partial charge >= 0.3 is 0 Å². The summed E-state index contributed by atoms with van der Waals surface area (Å²) >= 11 is 13.1. The van der Waals surface area contributed by atoms with Gasteiger partial charge in [-0.3, -0.25) is 14.5 Å². The summed E-state index contributed by atoms with van der Waals surface area (Å²) < 4.78 is 5.79. The van der Waals surface area contributed by atoms with E-state index in [4.69, 9.17) is 27.6 Å². The number of benzene rings is 2. The fourth-order valence-corrected chi connectivity index (χ4v) is 3.99. The van der Waals surface area contributed by atoms with Crippen molar-refractivity contribution in [1.29, 1.82) is 0 Å². The van der Waals surface area contributed by atoms with E-state index in [0.29, 0.717) is 32.0 Å². The molecule has 1 fully saturated rings. The van der Waals surface area contributed by atoms with Crippen LogP contribution in [0.1, 0.15) is 11.3 Å². The second kappa shape index (κ2) is 7.87. The zero-order valence-corrected chi connectivity index (χ0v) is 16.7. The minimum absolute atomic E-state index is 0.240. The zero-order chi connectivity index (χ0) is 19.7. The van der Waals surface area contributed by atoms with Crippen LogP contribution in [0.3, 0.4) is 0 Å². The van der Waals surface area contributed by atoms with Crippen molar-refractivity contribution in [1.82, 2.24) is 4.90 Å². The van der Waals surface area contributed by atoms with Gasteiger partial charge in [0.15, 0.2) is 0 Å². The molecule has 0 unspecified atom stereocenters. The standard InChI is InChI=1S/C21H13Cl2NO3S/c22-14-6-8-17(23)16(10-14)18-9-7-15(27-18)11-19-20(25)24(21(26)28-19)12-13-4-2-1-3-5-13/h1-11H,12H2/b19-11-. The summed E-state index contributed by atoms with van der Waals surface area (Å²) in [5.74, 6) is 0.649. The maximum absolute atomic E-state index is 12.6. The van der Waals surface area contributed by atoms with Crippen LogP contribution in [0.2, 0.25) is 10.0 Å². The van der Waals surface area contributed by atoms with Crippen LogP contribution in [0.15, 0.2) is 70.0 Å². The van der Waals surface area contributed by atoms with Crippen molar-refractivity contribution in [3.05, 3.63) is 86.9 Å². The molecule has 4 rings (SSSR count). The third-order valence-electron chi connectivity index (χ3n) is 4.15. The molecule has 0 aliphatic carbocycles. The first-order valence-corrected chi connectivity index (χ1v) is 9.93. The average molecular weight is 430 g/mol. The number of rotatable bonds is 4. The molecule has 1 saturated heterocycles. The molecule has 0 bridgehead atoms. The Balaban J connectivity index is 1.57. The number of amides is 2. The fraction of sp³-hybridized carbons (Fsp3) is 0.0476. The number of hydrogen-bond donors (Lipinski definition) is 0. The topological polar surface area (TPSA) is 50.5 Å². The van der Waals surface area contributed by atoms with Crippen LogP contribution in [0.5, 0.6) is 0 Å². The molecule has 0 spiro atoms. The minimum Gasteiger partial charge on any atom is -0.457 e. The monoisotopic (exact) mass is 429 g/mol. The summed E-state index contributed by atoms with van der Waals surface area (Å²) in [5.41, 5.74) is 1.55. The van der Waals surface area contributed by atoms with Gasteiger partial charge in [0.1, 0.15) is 11.5 Å². The van der Waals surface area contributed by atoms with Gasteiger partial charge in [-0.2, -0.15) is 0 Å². The molecule has 28 heavy (non-hydrogen) atoms. The number of halogens is 2. The molecule has 2 amide bonds. The van der Waals surface area contributed by atoms with Gasteiger partial charge in [-0.05, 0) is 47.7 Å². The van der Waals surface area contributed by atoms with E-state index in [1.54, 1.807) is 36.4 Å². The molecule has 2 aromatic carbocycles. The molecule has 7 heteroatoms. The fourth-order valence-electron chi connectivity index (χ4n) is 2.79. The number of nitrogens with zero attached hydrogens (tertiary/aromatic N) is 1.